The van der Waals surface area contributed by atoms with Gasteiger partial charge in [-0.25, -0.2) is 0 Å². The topological polar surface area (TPSA) is 38.7 Å². The van der Waals surface area contributed by atoms with Gasteiger partial charge in [-0.2, -0.15) is 0 Å². The first-order valence-electron chi connectivity index (χ1n) is 5.21. The first-order chi connectivity index (χ1) is 7.65. The minimum atomic E-state index is -0.536. The minimum Gasteiger partial charge on any atom is -0.493 e. The lowest BCUT2D eigenvalue weighted by Gasteiger charge is -2.16. The molecule has 3 heteroatoms. The summed E-state index contributed by atoms with van der Waals surface area (Å²) in [6.07, 6.45) is 3.28. The first kappa shape index (κ1) is 12.6. The second-order valence-electron chi connectivity index (χ2n) is 3.48. The molecule has 0 heterocycles. The van der Waals surface area contributed by atoms with E-state index in [1.165, 1.54) is 0 Å². The Morgan fingerprint density at radius 2 is 1.94 bits per heavy atom. The van der Waals surface area contributed by atoms with Crippen LogP contribution in [-0.4, -0.2) is 19.3 Å². The van der Waals surface area contributed by atoms with Crippen LogP contribution in [0.1, 0.15) is 31.1 Å². The van der Waals surface area contributed by atoms with Gasteiger partial charge in [0.1, 0.15) is 0 Å². The molecule has 0 radical (unpaired) electrons. The number of aliphatic hydroxyl groups excluding tert-OH is 1. The van der Waals surface area contributed by atoms with Crippen LogP contribution in [0.5, 0.6) is 11.5 Å². The van der Waals surface area contributed by atoms with Crippen LogP contribution in [-0.2, 0) is 0 Å². The summed E-state index contributed by atoms with van der Waals surface area (Å²) in [5, 5.41) is 9.68. The number of hydrogen-bond acceptors (Lipinski definition) is 3. The first-order valence-corrected chi connectivity index (χ1v) is 5.21. The van der Waals surface area contributed by atoms with Crippen molar-refractivity contribution in [1.82, 2.24) is 0 Å². The maximum atomic E-state index is 9.68. The smallest absolute Gasteiger partial charge is 0.168 e. The molecule has 0 bridgehead atoms. The highest BCUT2D eigenvalue weighted by atomic mass is 16.5. The second-order valence-corrected chi connectivity index (χ2v) is 3.48. The van der Waals surface area contributed by atoms with Gasteiger partial charge in [-0.15, -0.1) is 0 Å². The van der Waals surface area contributed by atoms with E-state index in [9.17, 15) is 5.11 Å². The Morgan fingerprint density at radius 1 is 1.25 bits per heavy atom. The van der Waals surface area contributed by atoms with E-state index < -0.39 is 6.10 Å². The van der Waals surface area contributed by atoms with Crippen molar-refractivity contribution < 1.29 is 14.6 Å². The molecule has 1 N–H and O–H groups in total. The van der Waals surface area contributed by atoms with Crippen molar-refractivity contribution in [3.8, 4) is 11.5 Å². The molecule has 1 aromatic rings. The molecule has 0 amide bonds. The molecule has 0 saturated carbocycles. The largest absolute Gasteiger partial charge is 0.493 e. The highest BCUT2D eigenvalue weighted by Gasteiger charge is 2.15. The zero-order valence-corrected chi connectivity index (χ0v) is 10.2. The maximum Gasteiger partial charge on any atom is 0.168 e. The summed E-state index contributed by atoms with van der Waals surface area (Å²) in [5.74, 6) is 1.32. The van der Waals surface area contributed by atoms with E-state index in [4.69, 9.17) is 9.47 Å². The van der Waals surface area contributed by atoms with Gasteiger partial charge in [-0.05, 0) is 25.5 Å². The molecule has 0 saturated heterocycles. The van der Waals surface area contributed by atoms with E-state index in [1.54, 1.807) is 27.2 Å². The van der Waals surface area contributed by atoms with Gasteiger partial charge in [0.05, 0.1) is 20.3 Å². The molecule has 1 rings (SSSR count). The van der Waals surface area contributed by atoms with E-state index >= 15 is 0 Å². The van der Waals surface area contributed by atoms with Crippen molar-refractivity contribution in [2.24, 2.45) is 0 Å². The fraction of sp³-hybridized carbons (Fsp3) is 0.385. The van der Waals surface area contributed by atoms with Crippen molar-refractivity contribution in [2.75, 3.05) is 14.2 Å². The molecule has 1 aromatic carbocycles. The second kappa shape index (κ2) is 5.56. The number of methoxy groups -OCH3 is 2. The van der Waals surface area contributed by atoms with Crippen molar-refractivity contribution in [3.63, 3.8) is 0 Å². The Balaban J connectivity index is 3.43. The fourth-order valence-electron chi connectivity index (χ4n) is 1.67. The summed E-state index contributed by atoms with van der Waals surface area (Å²) in [6, 6.07) is 3.65. The molecule has 0 fully saturated rings. The predicted molar refractivity (Wildman–Crippen MR) is 64.9 cm³/mol. The quantitative estimate of drug-likeness (QED) is 0.851. The van der Waals surface area contributed by atoms with Crippen molar-refractivity contribution in [3.05, 3.63) is 29.3 Å². The standard InChI is InChI=1S/C13H18O3/c1-5-6-11-10(9(2)14)7-8-12(15-3)13(11)16-4/h5-9,14H,1-4H3/b6-5+/t9-/m1/s1. The van der Waals surface area contributed by atoms with Gasteiger partial charge < -0.3 is 14.6 Å². The molecule has 0 spiro atoms. The molecular weight excluding hydrogens is 204 g/mol. The zero-order chi connectivity index (χ0) is 12.1. The summed E-state index contributed by atoms with van der Waals surface area (Å²) in [6.45, 7) is 3.65. The number of aliphatic hydroxyl groups is 1. The lowest BCUT2D eigenvalue weighted by Crippen LogP contribution is -2.00. The van der Waals surface area contributed by atoms with E-state index in [0.717, 1.165) is 11.1 Å². The fourth-order valence-corrected chi connectivity index (χ4v) is 1.67. The Morgan fingerprint density at radius 3 is 2.38 bits per heavy atom. The molecule has 16 heavy (non-hydrogen) atoms. The number of ether oxygens (including phenoxy) is 2. The summed E-state index contributed by atoms with van der Waals surface area (Å²) < 4.78 is 10.5. The molecule has 0 unspecified atom stereocenters. The Kier molecular flexibility index (Phi) is 4.38. The summed E-state index contributed by atoms with van der Waals surface area (Å²) in [7, 11) is 3.19. The molecule has 0 aromatic heterocycles. The number of hydrogen-bond donors (Lipinski definition) is 1. The molecule has 1 atom stereocenters. The van der Waals surface area contributed by atoms with Crippen LogP contribution in [0.3, 0.4) is 0 Å². The van der Waals surface area contributed by atoms with Crippen LogP contribution in [0.4, 0.5) is 0 Å². The van der Waals surface area contributed by atoms with Crippen LogP contribution < -0.4 is 9.47 Å². The third-order valence-corrected chi connectivity index (χ3v) is 2.40. The van der Waals surface area contributed by atoms with Crippen LogP contribution in [0.25, 0.3) is 6.08 Å². The normalized spacial score (nSPS) is 12.8. The zero-order valence-electron chi connectivity index (χ0n) is 10.2. The van der Waals surface area contributed by atoms with Gasteiger partial charge in [0.25, 0.3) is 0 Å². The van der Waals surface area contributed by atoms with Crippen LogP contribution in [0, 0.1) is 0 Å². The number of rotatable bonds is 4. The maximum absolute atomic E-state index is 9.68. The third-order valence-electron chi connectivity index (χ3n) is 2.40. The van der Waals surface area contributed by atoms with E-state index in [2.05, 4.69) is 0 Å². The van der Waals surface area contributed by atoms with Gasteiger partial charge in [0, 0.05) is 5.56 Å². The minimum absolute atomic E-state index is 0.536. The molecule has 0 aliphatic rings. The third kappa shape index (κ3) is 2.36. The van der Waals surface area contributed by atoms with E-state index in [-0.39, 0.29) is 0 Å². The Bertz CT molecular complexity index is 381. The van der Waals surface area contributed by atoms with Gasteiger partial charge in [0.2, 0.25) is 0 Å². The Hall–Kier alpha value is -1.48. The van der Waals surface area contributed by atoms with E-state index in [0.29, 0.717) is 11.5 Å². The Labute approximate surface area is 96.3 Å². The highest BCUT2D eigenvalue weighted by Crippen LogP contribution is 2.36. The summed E-state index contributed by atoms with van der Waals surface area (Å²) in [4.78, 5) is 0. The molecule has 3 nitrogen and oxygen atoms in total. The predicted octanol–water partition coefficient (Wildman–Crippen LogP) is 2.79. The molecule has 0 aliphatic carbocycles. The SMILES string of the molecule is C/C=C/c1c([C@@H](C)O)ccc(OC)c1OC. The van der Waals surface area contributed by atoms with Crippen LogP contribution >= 0.6 is 0 Å². The van der Waals surface area contributed by atoms with Gasteiger partial charge in [0.15, 0.2) is 11.5 Å². The molecular formula is C13H18O3. The number of allylic oxidation sites excluding steroid dienone is 1. The van der Waals surface area contributed by atoms with Crippen molar-refractivity contribution in [1.29, 1.82) is 0 Å². The number of benzene rings is 1. The summed E-state index contributed by atoms with van der Waals surface area (Å²) in [5.41, 5.74) is 1.69. The monoisotopic (exact) mass is 222 g/mol. The average molecular weight is 222 g/mol. The lowest BCUT2D eigenvalue weighted by atomic mass is 10.0. The summed E-state index contributed by atoms with van der Waals surface area (Å²) >= 11 is 0. The van der Waals surface area contributed by atoms with E-state index in [1.807, 2.05) is 25.1 Å². The van der Waals surface area contributed by atoms with Crippen LogP contribution in [0.2, 0.25) is 0 Å². The molecule has 0 aliphatic heterocycles. The molecule has 88 valence electrons. The van der Waals surface area contributed by atoms with Crippen molar-refractivity contribution in [2.45, 2.75) is 20.0 Å². The van der Waals surface area contributed by atoms with Crippen LogP contribution in [0.15, 0.2) is 18.2 Å². The van der Waals surface area contributed by atoms with Gasteiger partial charge >= 0.3 is 0 Å². The van der Waals surface area contributed by atoms with Gasteiger partial charge in [-0.1, -0.05) is 18.2 Å². The average Bonchev–Trinajstić information content (AvgIpc) is 2.28. The lowest BCUT2D eigenvalue weighted by molar-refractivity contribution is 0.198. The van der Waals surface area contributed by atoms with Crippen molar-refractivity contribution >= 4 is 6.08 Å². The highest BCUT2D eigenvalue weighted by molar-refractivity contribution is 5.66. The van der Waals surface area contributed by atoms with Gasteiger partial charge in [-0.3, -0.25) is 0 Å².